The van der Waals surface area contributed by atoms with Gasteiger partial charge >= 0.3 is 0 Å². The third-order valence-corrected chi connectivity index (χ3v) is 12.9. The van der Waals surface area contributed by atoms with Crippen molar-refractivity contribution in [2.75, 3.05) is 13.1 Å². The Hall–Kier alpha value is -1.65. The number of amides is 1. The van der Waals surface area contributed by atoms with E-state index in [1.807, 2.05) is 35.2 Å². The van der Waals surface area contributed by atoms with Crippen molar-refractivity contribution in [1.82, 2.24) is 4.90 Å². The van der Waals surface area contributed by atoms with Crippen LogP contribution in [0.1, 0.15) is 103 Å². The molecule has 6 rings (SSSR count). The van der Waals surface area contributed by atoms with E-state index >= 15 is 0 Å². The van der Waals surface area contributed by atoms with Crippen LogP contribution in [0.2, 0.25) is 0 Å². The monoisotopic (exact) mass is 533 g/mol. The lowest BCUT2D eigenvalue weighted by atomic mass is 9.47. The highest BCUT2D eigenvalue weighted by atomic mass is 16.3. The van der Waals surface area contributed by atoms with Crippen molar-refractivity contribution < 1.29 is 15.0 Å². The Bertz CT molecular complexity index is 1070. The van der Waals surface area contributed by atoms with Gasteiger partial charge in [0.05, 0.1) is 11.7 Å². The van der Waals surface area contributed by atoms with Gasteiger partial charge in [-0.15, -0.1) is 0 Å². The molecular weight excluding hydrogens is 482 g/mol. The maximum absolute atomic E-state index is 13.2. The molecule has 39 heavy (non-hydrogen) atoms. The third-order valence-electron chi connectivity index (χ3n) is 12.9. The van der Waals surface area contributed by atoms with Crippen molar-refractivity contribution in [2.24, 2.45) is 40.4 Å². The quantitative estimate of drug-likeness (QED) is 0.407. The van der Waals surface area contributed by atoms with Crippen LogP contribution in [-0.2, 0) is 10.4 Å². The average molecular weight is 534 g/mol. The Morgan fingerprint density at radius 1 is 1.00 bits per heavy atom. The molecule has 4 nitrogen and oxygen atoms in total. The Labute approximate surface area is 236 Å². The standard InChI is InChI=1S/C35H51NO3/c1-24(9-14-32(38)36-21-19-35(39,20-22-36)25-7-5-4-6-8-25)29-12-13-30-28-11-10-26-23-27(37)15-17-33(26,2)31(28)16-18-34(29,30)3/h4-8,10,24,27-31,37,39H,9,11-23H2,1-3H3/t24?,27-,28-,29+,30-,31-,33-,34+/m0/s1. The van der Waals surface area contributed by atoms with Gasteiger partial charge in [0.2, 0.25) is 5.91 Å². The van der Waals surface area contributed by atoms with Crippen molar-refractivity contribution in [3.8, 4) is 0 Å². The van der Waals surface area contributed by atoms with Crippen LogP contribution in [0.3, 0.4) is 0 Å². The first-order valence-corrected chi connectivity index (χ1v) is 16.1. The molecule has 8 atom stereocenters. The van der Waals surface area contributed by atoms with Crippen LogP contribution in [0.25, 0.3) is 0 Å². The molecule has 1 aromatic rings. The fourth-order valence-corrected chi connectivity index (χ4v) is 10.5. The van der Waals surface area contributed by atoms with Gasteiger partial charge in [0.1, 0.15) is 0 Å². The lowest BCUT2D eigenvalue weighted by molar-refractivity contribution is -0.136. The number of hydrogen-bond acceptors (Lipinski definition) is 3. The molecule has 2 N–H and O–H groups in total. The van der Waals surface area contributed by atoms with Gasteiger partial charge in [0, 0.05) is 19.5 Å². The van der Waals surface area contributed by atoms with Crippen LogP contribution in [-0.4, -0.2) is 40.2 Å². The number of likely N-dealkylation sites (tertiary alicyclic amines) is 1. The molecule has 1 saturated heterocycles. The van der Waals surface area contributed by atoms with Gasteiger partial charge < -0.3 is 15.1 Å². The largest absolute Gasteiger partial charge is 0.393 e. The number of carbonyl (C=O) groups is 1. The van der Waals surface area contributed by atoms with E-state index in [1.54, 1.807) is 5.57 Å². The molecule has 0 spiro atoms. The first-order valence-electron chi connectivity index (χ1n) is 16.1. The molecule has 4 aliphatic carbocycles. The van der Waals surface area contributed by atoms with Crippen molar-refractivity contribution in [2.45, 2.75) is 110 Å². The van der Waals surface area contributed by atoms with Crippen molar-refractivity contribution in [3.05, 3.63) is 47.5 Å². The van der Waals surface area contributed by atoms with Gasteiger partial charge in [-0.2, -0.15) is 0 Å². The molecule has 1 heterocycles. The van der Waals surface area contributed by atoms with E-state index < -0.39 is 5.60 Å². The van der Waals surface area contributed by atoms with Crippen LogP contribution in [0.5, 0.6) is 0 Å². The summed E-state index contributed by atoms with van der Waals surface area (Å²) in [6.07, 6.45) is 14.9. The number of benzene rings is 1. The summed E-state index contributed by atoms with van der Waals surface area (Å²) in [7, 11) is 0. The van der Waals surface area contributed by atoms with E-state index in [0.717, 1.165) is 49.0 Å². The van der Waals surface area contributed by atoms with Gasteiger partial charge in [0.25, 0.3) is 0 Å². The summed E-state index contributed by atoms with van der Waals surface area (Å²) in [6, 6.07) is 9.96. The topological polar surface area (TPSA) is 60.8 Å². The highest BCUT2D eigenvalue weighted by Gasteiger charge is 2.59. The summed E-state index contributed by atoms with van der Waals surface area (Å²) in [6.45, 7) is 8.84. The summed E-state index contributed by atoms with van der Waals surface area (Å²) in [5, 5.41) is 21.5. The van der Waals surface area contributed by atoms with Gasteiger partial charge in [-0.3, -0.25) is 4.79 Å². The SMILES string of the molecule is CC(CCC(=O)N1CCC(O)(c2ccccc2)CC1)[C@H]1CC[C@H]2[C@@H]3CC=C4C[C@@H](O)CC[C@]4(C)[C@H]3CC[C@]12C. The number of carbonyl (C=O) groups excluding carboxylic acids is 1. The molecule has 1 amide bonds. The number of nitrogens with zero attached hydrogens (tertiary/aromatic N) is 1. The number of fused-ring (bicyclic) bond motifs is 5. The minimum Gasteiger partial charge on any atom is -0.393 e. The van der Waals surface area contributed by atoms with Crippen LogP contribution in [0, 0.1) is 40.4 Å². The minimum absolute atomic E-state index is 0.130. The fourth-order valence-electron chi connectivity index (χ4n) is 10.5. The second-order valence-corrected chi connectivity index (χ2v) is 14.7. The zero-order chi connectivity index (χ0) is 27.4. The van der Waals surface area contributed by atoms with Crippen LogP contribution >= 0.6 is 0 Å². The Morgan fingerprint density at radius 2 is 1.74 bits per heavy atom. The Balaban J connectivity index is 1.05. The predicted molar refractivity (Wildman–Crippen MR) is 156 cm³/mol. The molecule has 1 aliphatic heterocycles. The number of rotatable bonds is 5. The van der Waals surface area contributed by atoms with Gasteiger partial charge in [-0.25, -0.2) is 0 Å². The number of hydrogen-bond donors (Lipinski definition) is 2. The number of aliphatic hydroxyl groups excluding tert-OH is 1. The molecule has 5 aliphatic rings. The number of piperidine rings is 1. The maximum atomic E-state index is 13.2. The molecule has 0 aromatic heterocycles. The highest BCUT2D eigenvalue weighted by Crippen LogP contribution is 2.67. The van der Waals surface area contributed by atoms with Crippen LogP contribution in [0.4, 0.5) is 0 Å². The molecule has 214 valence electrons. The Kier molecular flexibility index (Phi) is 7.28. The normalized spacial score (nSPS) is 40.2. The fraction of sp³-hybridized carbons (Fsp3) is 0.743. The maximum Gasteiger partial charge on any atom is 0.222 e. The lowest BCUT2D eigenvalue weighted by Gasteiger charge is -2.58. The van der Waals surface area contributed by atoms with E-state index in [0.29, 0.717) is 55.0 Å². The molecule has 3 saturated carbocycles. The van der Waals surface area contributed by atoms with Crippen LogP contribution in [0.15, 0.2) is 42.0 Å². The summed E-state index contributed by atoms with van der Waals surface area (Å²) >= 11 is 0. The predicted octanol–water partition coefficient (Wildman–Crippen LogP) is 6.85. The van der Waals surface area contributed by atoms with Gasteiger partial charge in [-0.1, -0.05) is 62.8 Å². The molecule has 1 unspecified atom stereocenters. The molecule has 0 radical (unpaired) electrons. The summed E-state index contributed by atoms with van der Waals surface area (Å²) < 4.78 is 0. The van der Waals surface area contributed by atoms with E-state index in [2.05, 4.69) is 26.8 Å². The van der Waals surface area contributed by atoms with E-state index in [4.69, 9.17) is 0 Å². The first kappa shape index (κ1) is 27.5. The Morgan fingerprint density at radius 3 is 2.49 bits per heavy atom. The van der Waals surface area contributed by atoms with E-state index in [9.17, 15) is 15.0 Å². The highest BCUT2D eigenvalue weighted by molar-refractivity contribution is 5.76. The molecule has 0 bridgehead atoms. The molecule has 4 heteroatoms. The minimum atomic E-state index is -0.804. The second-order valence-electron chi connectivity index (χ2n) is 14.7. The zero-order valence-corrected chi connectivity index (χ0v) is 24.6. The van der Waals surface area contributed by atoms with E-state index in [-0.39, 0.29) is 12.0 Å². The van der Waals surface area contributed by atoms with Gasteiger partial charge in [0.15, 0.2) is 0 Å². The molecule has 4 fully saturated rings. The second kappa shape index (κ2) is 10.3. The average Bonchev–Trinajstić information content (AvgIpc) is 3.30. The zero-order valence-electron chi connectivity index (χ0n) is 24.6. The summed E-state index contributed by atoms with van der Waals surface area (Å²) in [4.78, 5) is 15.2. The number of allylic oxidation sites excluding steroid dienone is 1. The smallest absolute Gasteiger partial charge is 0.222 e. The van der Waals surface area contributed by atoms with E-state index in [1.165, 1.54) is 32.1 Å². The van der Waals surface area contributed by atoms with Crippen molar-refractivity contribution in [3.63, 3.8) is 0 Å². The van der Waals surface area contributed by atoms with Crippen LogP contribution < -0.4 is 0 Å². The lowest BCUT2D eigenvalue weighted by Crippen LogP contribution is -2.50. The summed E-state index contributed by atoms with van der Waals surface area (Å²) in [5.74, 6) is 3.95. The first-order chi connectivity index (χ1) is 18.6. The van der Waals surface area contributed by atoms with Crippen molar-refractivity contribution in [1.29, 1.82) is 0 Å². The molecular formula is C35H51NO3. The summed E-state index contributed by atoms with van der Waals surface area (Å²) in [5.41, 5.74) is 2.44. The number of aliphatic hydroxyl groups is 2. The molecule has 1 aromatic carbocycles. The van der Waals surface area contributed by atoms with Gasteiger partial charge in [-0.05, 0) is 117 Å². The third kappa shape index (κ3) is 4.72. The van der Waals surface area contributed by atoms with Crippen molar-refractivity contribution >= 4 is 5.91 Å².